The molecule has 0 spiro atoms. The molecule has 0 aromatic rings. The second-order valence-electron chi connectivity index (χ2n) is 4.99. The van der Waals surface area contributed by atoms with Crippen molar-refractivity contribution in [3.8, 4) is 0 Å². The number of carboxylic acids is 2. The van der Waals surface area contributed by atoms with Crippen LogP contribution in [0.15, 0.2) is 0 Å². The molecule has 0 saturated heterocycles. The first-order valence-electron chi connectivity index (χ1n) is 7.38. The number of hydrogen-bond donors (Lipinski definition) is 7. The number of carboxylic acid groups (broad SMARTS) is 2. The predicted octanol–water partition coefficient (Wildman–Crippen LogP) is -3.61. The van der Waals surface area contributed by atoms with Gasteiger partial charge in [-0.05, 0) is 0 Å². The van der Waals surface area contributed by atoms with Gasteiger partial charge >= 0.3 is 178 Å². The summed E-state index contributed by atoms with van der Waals surface area (Å²) in [5.74, 6) is -3.24. The van der Waals surface area contributed by atoms with Gasteiger partial charge in [0.2, 0.25) is 0 Å². The number of thiol groups is 1. The zero-order chi connectivity index (χ0) is 21.6. The summed E-state index contributed by atoms with van der Waals surface area (Å²) in [6, 6.07) is -2.44. The fourth-order valence-corrected chi connectivity index (χ4v) is 2.03. The first kappa shape index (κ1) is 28.1. The molecule has 0 aliphatic rings. The zero-order valence-corrected chi connectivity index (χ0v) is 18.4. The van der Waals surface area contributed by atoms with E-state index in [2.05, 4.69) is 55.3 Å². The molecule has 11 nitrogen and oxygen atoms in total. The Hall–Kier alpha value is -1.14. The normalized spacial score (nSPS) is 13.2. The minimum absolute atomic E-state index is 0.0176. The summed E-state index contributed by atoms with van der Waals surface area (Å²) < 4.78 is -0.345. The van der Waals surface area contributed by atoms with Crippen LogP contribution in [0.3, 0.4) is 0 Å². The van der Waals surface area contributed by atoms with Crippen molar-refractivity contribution in [1.29, 1.82) is 0 Å². The summed E-state index contributed by atoms with van der Waals surface area (Å²) in [4.78, 5) is 54.0. The molecule has 0 aromatic carbocycles. The number of aliphatic carboxylic acids is 2. The number of nitrogens with two attached hydrogens (primary N) is 2. The molecule has 0 rings (SSSR count). The SMILES string of the molecule is N[C@@H](CCC(=O)N[C@@H](CS)C(=O)NCC(=O)O)C(=O)[Se].N[C@@H](C[Se])C(=O)O. The number of hydrogen-bond acceptors (Lipinski definition) is 8. The van der Waals surface area contributed by atoms with Gasteiger partial charge in [0.05, 0.1) is 0 Å². The van der Waals surface area contributed by atoms with E-state index in [4.69, 9.17) is 21.7 Å². The Balaban J connectivity index is 0. The van der Waals surface area contributed by atoms with Crippen molar-refractivity contribution < 1.29 is 34.2 Å². The van der Waals surface area contributed by atoms with E-state index in [1.807, 2.05) is 0 Å². The van der Waals surface area contributed by atoms with Gasteiger partial charge in [0.25, 0.3) is 0 Å². The molecule has 2 radical (unpaired) electrons. The number of amides is 2. The number of carbonyl (C=O) groups excluding carboxylic acids is 3. The molecule has 0 fully saturated rings. The number of rotatable bonds is 11. The van der Waals surface area contributed by atoms with Gasteiger partial charge in [-0.25, -0.2) is 0 Å². The van der Waals surface area contributed by atoms with E-state index in [0.717, 1.165) is 0 Å². The Morgan fingerprint density at radius 2 is 1.63 bits per heavy atom. The van der Waals surface area contributed by atoms with Gasteiger partial charge < -0.3 is 0 Å². The predicted molar refractivity (Wildman–Crippen MR) is 101 cm³/mol. The molecule has 0 heterocycles. The van der Waals surface area contributed by atoms with Crippen LogP contribution >= 0.6 is 12.6 Å². The molecule has 0 bridgehead atoms. The Kier molecular flexibility index (Phi) is 16.5. The molecule has 0 aromatic heterocycles. The Morgan fingerprint density at radius 1 is 1.07 bits per heavy atom. The number of nitrogens with one attached hydrogen (secondary N) is 2. The van der Waals surface area contributed by atoms with E-state index in [-0.39, 0.29) is 23.3 Å². The van der Waals surface area contributed by atoms with Gasteiger partial charge in [0, 0.05) is 0 Å². The Labute approximate surface area is 177 Å². The van der Waals surface area contributed by atoms with Crippen molar-refractivity contribution >= 4 is 73.1 Å². The van der Waals surface area contributed by atoms with E-state index in [9.17, 15) is 24.0 Å². The number of carbonyl (C=O) groups is 5. The van der Waals surface area contributed by atoms with Crippen LogP contribution < -0.4 is 22.1 Å². The maximum atomic E-state index is 11.6. The summed E-state index contributed by atoms with van der Waals surface area (Å²) in [6.45, 7) is -0.538. The van der Waals surface area contributed by atoms with Crippen LogP contribution in [0.1, 0.15) is 12.8 Å². The van der Waals surface area contributed by atoms with Crippen LogP contribution in [-0.2, 0) is 24.0 Å². The fraction of sp³-hybridized carbons (Fsp3) is 0.615. The average molecular weight is 536 g/mol. The van der Waals surface area contributed by atoms with Crippen LogP contribution in [0.25, 0.3) is 0 Å². The second-order valence-corrected chi connectivity index (χ2v) is 6.90. The minimum atomic E-state index is -1.19. The van der Waals surface area contributed by atoms with Gasteiger partial charge in [-0.3, -0.25) is 0 Å². The van der Waals surface area contributed by atoms with Crippen molar-refractivity contribution in [2.24, 2.45) is 11.5 Å². The van der Waals surface area contributed by atoms with E-state index in [0.29, 0.717) is 5.32 Å². The van der Waals surface area contributed by atoms with Crippen molar-refractivity contribution in [1.82, 2.24) is 10.6 Å². The Morgan fingerprint density at radius 3 is 1.96 bits per heavy atom. The molecule has 0 aliphatic heterocycles. The molecule has 3 atom stereocenters. The van der Waals surface area contributed by atoms with E-state index in [1.165, 1.54) is 0 Å². The van der Waals surface area contributed by atoms with E-state index < -0.39 is 48.4 Å². The van der Waals surface area contributed by atoms with Crippen molar-refractivity contribution in [2.75, 3.05) is 12.3 Å². The van der Waals surface area contributed by atoms with E-state index >= 15 is 0 Å². The third-order valence-electron chi connectivity index (χ3n) is 2.73. The van der Waals surface area contributed by atoms with Crippen LogP contribution in [0.4, 0.5) is 0 Å². The molecule has 14 heteroatoms. The Bertz CT molecular complexity index is 539. The molecule has 8 N–H and O–H groups in total. The third kappa shape index (κ3) is 15.6. The molecule has 0 aliphatic carbocycles. The summed E-state index contributed by atoms with van der Waals surface area (Å²) in [6.07, 6.45) is 0.124. The van der Waals surface area contributed by atoms with Crippen molar-refractivity contribution in [3.05, 3.63) is 0 Å². The van der Waals surface area contributed by atoms with Gasteiger partial charge in [-0.1, -0.05) is 0 Å². The summed E-state index contributed by atoms with van der Waals surface area (Å²) in [5.41, 5.74) is 10.4. The standard InChI is InChI=1S/C10H16N3O5SSe.C3H6NO2Se/c11-5(10(18)20)1-2-7(14)13-6(4-19)9(17)12-3-8(15)16;4-2(1-7)3(5)6/h5-6,19H,1-4,11H2,(H,12,17)(H,13,14)(H,15,16);2H,1,4H2,(H,5,6)/t5-,6-;2-/m00/s1. The summed E-state index contributed by atoms with van der Waals surface area (Å²) >= 11 is 8.66. The molecular weight excluding hydrogens is 514 g/mol. The van der Waals surface area contributed by atoms with Crippen LogP contribution in [-0.4, -0.2) is 101 Å². The fourth-order valence-electron chi connectivity index (χ4n) is 1.22. The monoisotopic (exact) mass is 538 g/mol. The second kappa shape index (κ2) is 15.9. The molecule has 154 valence electrons. The third-order valence-corrected chi connectivity index (χ3v) is 4.48. The van der Waals surface area contributed by atoms with Gasteiger partial charge in [0.15, 0.2) is 0 Å². The van der Waals surface area contributed by atoms with Crippen molar-refractivity contribution in [2.45, 2.75) is 36.3 Å². The molecule has 0 saturated carbocycles. The van der Waals surface area contributed by atoms with Gasteiger partial charge in [-0.15, -0.1) is 0 Å². The van der Waals surface area contributed by atoms with Crippen LogP contribution in [0.5, 0.6) is 0 Å². The van der Waals surface area contributed by atoms with Gasteiger partial charge in [-0.2, -0.15) is 0 Å². The van der Waals surface area contributed by atoms with Crippen molar-refractivity contribution in [3.63, 3.8) is 0 Å². The average Bonchev–Trinajstić information content (AvgIpc) is 2.61. The van der Waals surface area contributed by atoms with Crippen LogP contribution in [0.2, 0.25) is 5.32 Å². The summed E-state index contributed by atoms with van der Waals surface area (Å²) in [5, 5.41) is 21.4. The quantitative estimate of drug-likeness (QED) is 0.103. The summed E-state index contributed by atoms with van der Waals surface area (Å²) in [7, 11) is 0. The molecular formula is C13H22N4O7SSe2. The molecule has 27 heavy (non-hydrogen) atoms. The molecule has 2 amide bonds. The first-order chi connectivity index (χ1) is 12.5. The maximum absolute atomic E-state index is 11.6. The van der Waals surface area contributed by atoms with Crippen LogP contribution in [0, 0.1) is 0 Å². The van der Waals surface area contributed by atoms with E-state index in [1.54, 1.807) is 0 Å². The topological polar surface area (TPSA) is 202 Å². The zero-order valence-electron chi connectivity index (χ0n) is 14.1. The first-order valence-corrected chi connectivity index (χ1v) is 10.1. The van der Waals surface area contributed by atoms with Gasteiger partial charge in [0.1, 0.15) is 0 Å². The molecule has 0 unspecified atom stereocenters.